The Morgan fingerprint density at radius 1 is 1.26 bits per heavy atom. The van der Waals surface area contributed by atoms with E-state index >= 15 is 0 Å². The van der Waals surface area contributed by atoms with Crippen LogP contribution in [0.15, 0.2) is 0 Å². The third kappa shape index (κ3) is 4.75. The van der Waals surface area contributed by atoms with Crippen LogP contribution in [0.2, 0.25) is 0 Å². The standard InChI is InChI=1S/C17H34N2/c1-5-9-17(4,12-18-16-6-7-16)13-19-10-8-15(11-19)14(2)3/h14-16,18H,5-13H2,1-4H3. The Hall–Kier alpha value is -0.0800. The van der Waals surface area contributed by atoms with Gasteiger partial charge in [0.2, 0.25) is 0 Å². The van der Waals surface area contributed by atoms with E-state index in [1.807, 2.05) is 0 Å². The monoisotopic (exact) mass is 266 g/mol. The lowest BCUT2D eigenvalue weighted by Gasteiger charge is -2.34. The van der Waals surface area contributed by atoms with Crippen molar-refractivity contribution in [1.82, 2.24) is 10.2 Å². The third-order valence-corrected chi connectivity index (χ3v) is 5.11. The predicted octanol–water partition coefficient (Wildman–Crippen LogP) is 3.52. The molecule has 0 amide bonds. The fourth-order valence-electron chi connectivity index (χ4n) is 3.60. The van der Waals surface area contributed by atoms with Crippen LogP contribution >= 0.6 is 0 Å². The van der Waals surface area contributed by atoms with Crippen molar-refractivity contribution in [3.8, 4) is 0 Å². The maximum absolute atomic E-state index is 3.76. The fourth-order valence-corrected chi connectivity index (χ4v) is 3.60. The van der Waals surface area contributed by atoms with Crippen LogP contribution in [-0.4, -0.2) is 37.1 Å². The van der Waals surface area contributed by atoms with Gasteiger partial charge in [-0.15, -0.1) is 0 Å². The molecule has 0 aromatic rings. The average molecular weight is 266 g/mol. The van der Waals surface area contributed by atoms with Crippen LogP contribution < -0.4 is 5.32 Å². The zero-order valence-corrected chi connectivity index (χ0v) is 13.5. The summed E-state index contributed by atoms with van der Waals surface area (Å²) >= 11 is 0. The van der Waals surface area contributed by atoms with Crippen LogP contribution in [0.3, 0.4) is 0 Å². The minimum atomic E-state index is 0.475. The highest BCUT2D eigenvalue weighted by molar-refractivity contribution is 4.89. The van der Waals surface area contributed by atoms with Gasteiger partial charge in [0.05, 0.1) is 0 Å². The second-order valence-electron chi connectivity index (χ2n) is 7.74. The van der Waals surface area contributed by atoms with Gasteiger partial charge in [-0.1, -0.05) is 34.1 Å². The minimum absolute atomic E-state index is 0.475. The van der Waals surface area contributed by atoms with E-state index in [4.69, 9.17) is 0 Å². The van der Waals surface area contributed by atoms with Crippen LogP contribution in [0.5, 0.6) is 0 Å². The summed E-state index contributed by atoms with van der Waals surface area (Å²) in [6, 6.07) is 0.846. The molecule has 2 heteroatoms. The molecule has 0 aromatic carbocycles. The number of hydrogen-bond donors (Lipinski definition) is 1. The highest BCUT2D eigenvalue weighted by Crippen LogP contribution is 2.30. The summed E-state index contributed by atoms with van der Waals surface area (Å²) in [5.41, 5.74) is 0.475. The van der Waals surface area contributed by atoms with Gasteiger partial charge >= 0.3 is 0 Å². The number of nitrogens with one attached hydrogen (secondary N) is 1. The topological polar surface area (TPSA) is 15.3 Å². The Balaban J connectivity index is 1.81. The zero-order valence-electron chi connectivity index (χ0n) is 13.5. The van der Waals surface area contributed by atoms with Crippen molar-refractivity contribution in [2.45, 2.75) is 65.8 Å². The molecule has 1 saturated heterocycles. The first kappa shape index (κ1) is 15.3. The van der Waals surface area contributed by atoms with Crippen LogP contribution in [0.25, 0.3) is 0 Å². The SMILES string of the molecule is CCCC(C)(CNC1CC1)CN1CCC(C(C)C)C1. The first-order valence-corrected chi connectivity index (χ1v) is 8.48. The third-order valence-electron chi connectivity index (χ3n) is 5.11. The van der Waals surface area contributed by atoms with Crippen LogP contribution in [0.4, 0.5) is 0 Å². The molecule has 112 valence electrons. The Morgan fingerprint density at radius 2 is 2.00 bits per heavy atom. The molecular formula is C17H34N2. The highest BCUT2D eigenvalue weighted by Gasteiger charge is 2.33. The molecule has 1 saturated carbocycles. The van der Waals surface area contributed by atoms with Gasteiger partial charge in [-0.2, -0.15) is 0 Å². The van der Waals surface area contributed by atoms with Gasteiger partial charge in [0.1, 0.15) is 0 Å². The molecular weight excluding hydrogens is 232 g/mol. The molecule has 1 heterocycles. The Bertz CT molecular complexity index is 272. The Kier molecular flexibility index (Phi) is 5.30. The Morgan fingerprint density at radius 3 is 2.53 bits per heavy atom. The van der Waals surface area contributed by atoms with E-state index in [2.05, 4.69) is 37.9 Å². The molecule has 0 radical (unpaired) electrons. The summed E-state index contributed by atoms with van der Waals surface area (Å²) in [6.07, 6.45) is 6.89. The molecule has 0 aromatic heterocycles. The smallest absolute Gasteiger partial charge is 0.00684 e. The summed E-state index contributed by atoms with van der Waals surface area (Å²) < 4.78 is 0. The minimum Gasteiger partial charge on any atom is -0.313 e. The van der Waals surface area contributed by atoms with Crippen molar-refractivity contribution in [3.05, 3.63) is 0 Å². The summed E-state index contributed by atoms with van der Waals surface area (Å²) in [4.78, 5) is 2.73. The van der Waals surface area contributed by atoms with E-state index in [1.54, 1.807) is 0 Å². The number of hydrogen-bond acceptors (Lipinski definition) is 2. The number of rotatable bonds is 8. The van der Waals surface area contributed by atoms with Gasteiger partial charge in [0, 0.05) is 25.7 Å². The van der Waals surface area contributed by atoms with Crippen molar-refractivity contribution < 1.29 is 0 Å². The second-order valence-corrected chi connectivity index (χ2v) is 7.74. The second kappa shape index (κ2) is 6.58. The Labute approximate surface area is 120 Å². The first-order valence-electron chi connectivity index (χ1n) is 8.48. The van der Waals surface area contributed by atoms with Crippen LogP contribution in [0.1, 0.15) is 59.8 Å². The van der Waals surface area contributed by atoms with E-state index in [0.717, 1.165) is 17.9 Å². The van der Waals surface area contributed by atoms with Crippen molar-refractivity contribution in [2.24, 2.45) is 17.3 Å². The van der Waals surface area contributed by atoms with Crippen LogP contribution in [-0.2, 0) is 0 Å². The maximum Gasteiger partial charge on any atom is 0.00684 e. The molecule has 2 nitrogen and oxygen atoms in total. The lowest BCUT2D eigenvalue weighted by atomic mass is 9.84. The van der Waals surface area contributed by atoms with E-state index in [9.17, 15) is 0 Å². The van der Waals surface area contributed by atoms with Crippen molar-refractivity contribution in [1.29, 1.82) is 0 Å². The molecule has 2 unspecified atom stereocenters. The normalized spacial score (nSPS) is 27.9. The molecule has 2 atom stereocenters. The van der Waals surface area contributed by atoms with Gasteiger partial charge in [-0.05, 0) is 49.5 Å². The van der Waals surface area contributed by atoms with E-state index in [-0.39, 0.29) is 0 Å². The first-order chi connectivity index (χ1) is 9.02. The zero-order chi connectivity index (χ0) is 13.9. The highest BCUT2D eigenvalue weighted by atomic mass is 15.2. The largest absolute Gasteiger partial charge is 0.313 e. The van der Waals surface area contributed by atoms with Gasteiger partial charge in [-0.25, -0.2) is 0 Å². The van der Waals surface area contributed by atoms with Gasteiger partial charge in [-0.3, -0.25) is 0 Å². The quantitative estimate of drug-likeness (QED) is 0.723. The van der Waals surface area contributed by atoms with Crippen molar-refractivity contribution in [2.75, 3.05) is 26.2 Å². The fraction of sp³-hybridized carbons (Fsp3) is 1.00. The molecule has 2 rings (SSSR count). The lowest BCUT2D eigenvalue weighted by molar-refractivity contribution is 0.165. The summed E-state index contributed by atoms with van der Waals surface area (Å²) in [5, 5.41) is 3.76. The van der Waals surface area contributed by atoms with Crippen molar-refractivity contribution >= 4 is 0 Å². The van der Waals surface area contributed by atoms with Gasteiger partial charge in [0.25, 0.3) is 0 Å². The molecule has 0 spiro atoms. The maximum atomic E-state index is 3.76. The summed E-state index contributed by atoms with van der Waals surface area (Å²) in [7, 11) is 0. The molecule has 1 aliphatic heterocycles. The molecule has 0 bridgehead atoms. The van der Waals surface area contributed by atoms with Gasteiger partial charge < -0.3 is 10.2 Å². The predicted molar refractivity (Wildman–Crippen MR) is 83.4 cm³/mol. The summed E-state index contributed by atoms with van der Waals surface area (Å²) in [6.45, 7) is 14.8. The van der Waals surface area contributed by atoms with Crippen LogP contribution in [0, 0.1) is 17.3 Å². The lowest BCUT2D eigenvalue weighted by Crippen LogP contribution is -2.42. The van der Waals surface area contributed by atoms with Crippen molar-refractivity contribution in [3.63, 3.8) is 0 Å². The molecule has 1 aliphatic carbocycles. The molecule has 2 fully saturated rings. The average Bonchev–Trinajstić information content (AvgIpc) is 3.06. The van der Waals surface area contributed by atoms with E-state index < -0.39 is 0 Å². The summed E-state index contributed by atoms with van der Waals surface area (Å²) in [5.74, 6) is 1.79. The van der Waals surface area contributed by atoms with Gasteiger partial charge in [0.15, 0.2) is 0 Å². The number of likely N-dealkylation sites (tertiary alicyclic amines) is 1. The molecule has 2 aliphatic rings. The van der Waals surface area contributed by atoms with E-state index in [0.29, 0.717) is 5.41 Å². The molecule has 1 N–H and O–H groups in total. The number of nitrogens with zero attached hydrogens (tertiary/aromatic N) is 1. The molecule has 19 heavy (non-hydrogen) atoms. The van der Waals surface area contributed by atoms with E-state index in [1.165, 1.54) is 58.3 Å².